The predicted octanol–water partition coefficient (Wildman–Crippen LogP) is -0.886. The number of aromatic nitrogens is 5. The molecule has 0 unspecified atom stereocenters. The Morgan fingerprint density at radius 3 is 2.93 bits per heavy atom. The lowest BCUT2D eigenvalue weighted by Crippen LogP contribution is -2.17. The molecule has 0 aliphatic rings. The maximum atomic E-state index is 11.5. The second-order valence-electron chi connectivity index (χ2n) is 3.28. The molecule has 0 fully saturated rings. The van der Waals surface area contributed by atoms with E-state index >= 15 is 0 Å². The molecule has 0 aliphatic carbocycles. The number of ketones is 1. The van der Waals surface area contributed by atoms with Crippen molar-refractivity contribution in [1.82, 2.24) is 24.5 Å². The van der Waals surface area contributed by atoms with Gasteiger partial charge in [0.05, 0.1) is 6.33 Å². The third-order valence-electron chi connectivity index (χ3n) is 1.96. The highest BCUT2D eigenvalue weighted by Gasteiger charge is 2.11. The zero-order chi connectivity index (χ0) is 11.0. The molecule has 78 valence electrons. The minimum atomic E-state index is -0.269. The van der Waals surface area contributed by atoms with E-state index in [4.69, 9.17) is 0 Å². The van der Waals surface area contributed by atoms with Crippen LogP contribution >= 0.6 is 0 Å². The SMILES string of the molecule is CC(=O)Cn1nnc2c(=O)n(C)cnc21. The molecule has 7 nitrogen and oxygen atoms in total. The quantitative estimate of drug-likeness (QED) is 0.638. The molecule has 0 atom stereocenters. The normalized spacial score (nSPS) is 10.8. The summed E-state index contributed by atoms with van der Waals surface area (Å²) in [5.74, 6) is -0.0655. The monoisotopic (exact) mass is 207 g/mol. The summed E-state index contributed by atoms with van der Waals surface area (Å²) in [5, 5.41) is 7.40. The smallest absolute Gasteiger partial charge is 0.283 e. The first-order valence-electron chi connectivity index (χ1n) is 4.34. The Morgan fingerprint density at radius 2 is 2.27 bits per heavy atom. The molecule has 0 amide bonds. The number of aryl methyl sites for hydroxylation is 1. The number of carbonyl (C=O) groups excluding carboxylic acids is 1. The number of hydrogen-bond acceptors (Lipinski definition) is 5. The van der Waals surface area contributed by atoms with Crippen LogP contribution in [0.3, 0.4) is 0 Å². The van der Waals surface area contributed by atoms with Crippen molar-refractivity contribution in [3.63, 3.8) is 0 Å². The summed E-state index contributed by atoms with van der Waals surface area (Å²) < 4.78 is 2.63. The van der Waals surface area contributed by atoms with Crippen molar-refractivity contribution < 1.29 is 4.79 Å². The molecule has 2 heterocycles. The molecule has 15 heavy (non-hydrogen) atoms. The summed E-state index contributed by atoms with van der Waals surface area (Å²) in [6.07, 6.45) is 1.38. The fraction of sp³-hybridized carbons (Fsp3) is 0.375. The largest absolute Gasteiger partial charge is 0.300 e. The Balaban J connectivity index is 2.67. The number of carbonyl (C=O) groups is 1. The molecule has 0 radical (unpaired) electrons. The fourth-order valence-electron chi connectivity index (χ4n) is 1.25. The fourth-order valence-corrected chi connectivity index (χ4v) is 1.25. The van der Waals surface area contributed by atoms with Crippen LogP contribution in [-0.4, -0.2) is 30.3 Å². The molecular weight excluding hydrogens is 198 g/mol. The van der Waals surface area contributed by atoms with Crippen LogP contribution in [0.25, 0.3) is 11.2 Å². The van der Waals surface area contributed by atoms with Crippen LogP contribution in [0, 0.1) is 0 Å². The van der Waals surface area contributed by atoms with Gasteiger partial charge in [-0.25, -0.2) is 9.67 Å². The van der Waals surface area contributed by atoms with Gasteiger partial charge in [-0.1, -0.05) is 5.21 Å². The van der Waals surface area contributed by atoms with E-state index in [2.05, 4.69) is 15.3 Å². The summed E-state index contributed by atoms with van der Waals surface area (Å²) in [5.41, 5.74) is 0.254. The van der Waals surface area contributed by atoms with Gasteiger partial charge in [-0.3, -0.25) is 9.59 Å². The van der Waals surface area contributed by atoms with E-state index < -0.39 is 0 Å². The van der Waals surface area contributed by atoms with Crippen LogP contribution in [0.1, 0.15) is 6.92 Å². The minimum Gasteiger partial charge on any atom is -0.300 e. The van der Waals surface area contributed by atoms with Gasteiger partial charge in [0.2, 0.25) is 0 Å². The van der Waals surface area contributed by atoms with Crippen molar-refractivity contribution in [1.29, 1.82) is 0 Å². The lowest BCUT2D eigenvalue weighted by atomic mass is 10.4. The van der Waals surface area contributed by atoms with Crippen molar-refractivity contribution in [2.24, 2.45) is 7.05 Å². The molecule has 0 bridgehead atoms. The summed E-state index contributed by atoms with van der Waals surface area (Å²) in [6.45, 7) is 1.52. The molecule has 2 aromatic heterocycles. The number of fused-ring (bicyclic) bond motifs is 1. The van der Waals surface area contributed by atoms with Crippen molar-refractivity contribution in [2.45, 2.75) is 13.5 Å². The van der Waals surface area contributed by atoms with Crippen molar-refractivity contribution in [3.8, 4) is 0 Å². The lowest BCUT2D eigenvalue weighted by Gasteiger charge is -1.97. The van der Waals surface area contributed by atoms with Gasteiger partial charge in [0.25, 0.3) is 5.56 Å². The van der Waals surface area contributed by atoms with Crippen LogP contribution in [0.15, 0.2) is 11.1 Å². The molecule has 2 rings (SSSR count). The highest BCUT2D eigenvalue weighted by molar-refractivity contribution is 5.77. The molecule has 7 heteroatoms. The highest BCUT2D eigenvalue weighted by atomic mass is 16.1. The maximum Gasteiger partial charge on any atom is 0.283 e. The van der Waals surface area contributed by atoms with E-state index in [1.165, 1.54) is 22.5 Å². The second kappa shape index (κ2) is 3.26. The van der Waals surface area contributed by atoms with Gasteiger partial charge in [0.1, 0.15) is 6.54 Å². The van der Waals surface area contributed by atoms with Gasteiger partial charge >= 0.3 is 0 Å². The van der Waals surface area contributed by atoms with Gasteiger partial charge in [0, 0.05) is 7.05 Å². The zero-order valence-electron chi connectivity index (χ0n) is 8.34. The molecule has 2 aromatic rings. The second-order valence-corrected chi connectivity index (χ2v) is 3.28. The molecule has 0 N–H and O–H groups in total. The van der Waals surface area contributed by atoms with Crippen LogP contribution < -0.4 is 5.56 Å². The number of rotatable bonds is 2. The van der Waals surface area contributed by atoms with Crippen molar-refractivity contribution in [2.75, 3.05) is 0 Å². The molecule has 0 aromatic carbocycles. The molecule has 0 saturated carbocycles. The number of hydrogen-bond donors (Lipinski definition) is 0. The first-order valence-corrected chi connectivity index (χ1v) is 4.34. The summed E-state index contributed by atoms with van der Waals surface area (Å²) >= 11 is 0. The Labute approximate surface area is 84.3 Å². The third kappa shape index (κ3) is 1.51. The Kier molecular flexibility index (Phi) is 2.07. The number of nitrogens with zero attached hydrogens (tertiary/aromatic N) is 5. The van der Waals surface area contributed by atoms with Crippen LogP contribution in [0.2, 0.25) is 0 Å². The lowest BCUT2D eigenvalue weighted by molar-refractivity contribution is -0.117. The van der Waals surface area contributed by atoms with E-state index in [-0.39, 0.29) is 23.4 Å². The molecule has 0 saturated heterocycles. The van der Waals surface area contributed by atoms with Gasteiger partial charge in [-0.2, -0.15) is 0 Å². The zero-order valence-corrected chi connectivity index (χ0v) is 8.34. The van der Waals surface area contributed by atoms with Crippen molar-refractivity contribution in [3.05, 3.63) is 16.7 Å². The van der Waals surface area contributed by atoms with E-state index in [1.807, 2.05) is 0 Å². The van der Waals surface area contributed by atoms with E-state index in [0.717, 1.165) is 0 Å². The standard InChI is InChI=1S/C8H9N5O2/c1-5(14)3-13-7-6(10-11-13)8(15)12(2)4-9-7/h4H,3H2,1-2H3. The molecule has 0 aliphatic heterocycles. The van der Waals surface area contributed by atoms with E-state index in [9.17, 15) is 9.59 Å². The van der Waals surface area contributed by atoms with Gasteiger partial charge < -0.3 is 4.57 Å². The van der Waals surface area contributed by atoms with Crippen LogP contribution in [0.5, 0.6) is 0 Å². The highest BCUT2D eigenvalue weighted by Crippen LogP contribution is 2.01. The van der Waals surface area contributed by atoms with E-state index in [0.29, 0.717) is 5.65 Å². The third-order valence-corrected chi connectivity index (χ3v) is 1.96. The van der Waals surface area contributed by atoms with Crippen LogP contribution in [-0.2, 0) is 18.4 Å². The predicted molar refractivity (Wildman–Crippen MR) is 51.2 cm³/mol. The van der Waals surface area contributed by atoms with Crippen LogP contribution in [0.4, 0.5) is 0 Å². The van der Waals surface area contributed by atoms with Crippen molar-refractivity contribution >= 4 is 16.9 Å². The Bertz CT molecular complexity index is 582. The minimum absolute atomic E-state index is 0.0655. The summed E-state index contributed by atoms with van der Waals surface area (Å²) in [4.78, 5) is 26.5. The summed E-state index contributed by atoms with van der Waals surface area (Å²) in [6, 6.07) is 0. The first-order chi connectivity index (χ1) is 7.09. The maximum absolute atomic E-state index is 11.5. The average Bonchev–Trinajstić information content (AvgIpc) is 2.55. The Hall–Kier alpha value is -2.05. The summed E-state index contributed by atoms with van der Waals surface area (Å²) in [7, 11) is 1.58. The van der Waals surface area contributed by atoms with Gasteiger partial charge in [-0.05, 0) is 6.92 Å². The molecule has 0 spiro atoms. The Morgan fingerprint density at radius 1 is 1.53 bits per heavy atom. The van der Waals surface area contributed by atoms with Gasteiger partial charge in [0.15, 0.2) is 16.9 Å². The topological polar surface area (TPSA) is 82.7 Å². The van der Waals surface area contributed by atoms with E-state index in [1.54, 1.807) is 7.05 Å². The van der Waals surface area contributed by atoms with Gasteiger partial charge in [-0.15, -0.1) is 5.10 Å². The molecular formula is C8H9N5O2. The first kappa shape index (κ1) is 9.50. The number of Topliss-reactive ketones (excluding diaryl/α,β-unsaturated/α-hetero) is 1. The average molecular weight is 207 g/mol.